The molecule has 1 rings (SSSR count). The molecule has 13 heavy (non-hydrogen) atoms. The maximum absolute atomic E-state index is 10.5. The highest BCUT2D eigenvalue weighted by Gasteiger charge is 2.13. The van der Waals surface area contributed by atoms with Crippen LogP contribution in [-0.2, 0) is 0 Å². The summed E-state index contributed by atoms with van der Waals surface area (Å²) >= 11 is 0. The van der Waals surface area contributed by atoms with Gasteiger partial charge in [-0.25, -0.2) is 0 Å². The fourth-order valence-electron chi connectivity index (χ4n) is 1.04. The molecule has 0 N–H and O–H groups in total. The Morgan fingerprint density at radius 1 is 1.54 bits per heavy atom. The second kappa shape index (κ2) is 3.89. The highest BCUT2D eigenvalue weighted by Crippen LogP contribution is 2.27. The molecule has 0 amide bonds. The zero-order valence-corrected chi connectivity index (χ0v) is 7.61. The lowest BCUT2D eigenvalue weighted by atomic mass is 10.2. The first-order valence-corrected chi connectivity index (χ1v) is 4.03. The van der Waals surface area contributed by atoms with Crippen molar-refractivity contribution in [1.82, 2.24) is 0 Å². The minimum atomic E-state index is -0.440. The van der Waals surface area contributed by atoms with Gasteiger partial charge in [0.1, 0.15) is 0 Å². The molecule has 0 saturated heterocycles. The highest BCUT2D eigenvalue weighted by atomic mass is 16.6. The van der Waals surface area contributed by atoms with E-state index in [9.17, 15) is 10.1 Å². The Kier molecular flexibility index (Phi) is 2.84. The van der Waals surface area contributed by atoms with E-state index in [1.807, 2.05) is 6.92 Å². The minimum Gasteiger partial charge on any atom is -0.487 e. The average Bonchev–Trinajstić information content (AvgIpc) is 2.04. The maximum Gasteiger partial charge on any atom is 0.310 e. The van der Waals surface area contributed by atoms with E-state index in [4.69, 9.17) is 4.74 Å². The maximum atomic E-state index is 10.5. The number of nitrogens with zero attached hydrogens (tertiary/aromatic N) is 1. The van der Waals surface area contributed by atoms with E-state index in [2.05, 4.69) is 0 Å². The van der Waals surface area contributed by atoms with Gasteiger partial charge in [-0.3, -0.25) is 10.1 Å². The van der Waals surface area contributed by atoms with Gasteiger partial charge in [0.15, 0.2) is 5.75 Å². The van der Waals surface area contributed by atoms with Crippen molar-refractivity contribution >= 4 is 5.69 Å². The third kappa shape index (κ3) is 2.18. The van der Waals surface area contributed by atoms with Gasteiger partial charge < -0.3 is 4.74 Å². The number of hydrogen-bond donors (Lipinski definition) is 0. The lowest BCUT2D eigenvalue weighted by molar-refractivity contribution is -0.385. The van der Waals surface area contributed by atoms with E-state index in [1.165, 1.54) is 6.07 Å². The van der Waals surface area contributed by atoms with Gasteiger partial charge in [-0.2, -0.15) is 0 Å². The van der Waals surface area contributed by atoms with Crippen LogP contribution in [0.3, 0.4) is 0 Å². The van der Waals surface area contributed by atoms with Crippen molar-refractivity contribution in [3.8, 4) is 5.75 Å². The summed E-state index contributed by atoms with van der Waals surface area (Å²) in [5.41, 5.74) is 0.974. The molecule has 0 unspecified atom stereocenters. The molecule has 0 aromatic heterocycles. The number of aryl methyl sites for hydroxylation is 1. The molecule has 4 nitrogen and oxygen atoms in total. The Bertz CT molecular complexity index is 323. The second-order valence-corrected chi connectivity index (χ2v) is 2.66. The van der Waals surface area contributed by atoms with Gasteiger partial charge in [-0.1, -0.05) is 6.07 Å². The van der Waals surface area contributed by atoms with E-state index in [-0.39, 0.29) is 5.69 Å². The summed E-state index contributed by atoms with van der Waals surface area (Å²) < 4.78 is 5.14. The van der Waals surface area contributed by atoms with Gasteiger partial charge in [0.05, 0.1) is 11.5 Å². The van der Waals surface area contributed by atoms with Crippen molar-refractivity contribution in [3.63, 3.8) is 0 Å². The summed E-state index contributed by atoms with van der Waals surface area (Å²) in [6.07, 6.45) is 0. The predicted octanol–water partition coefficient (Wildman–Crippen LogP) is 2.30. The van der Waals surface area contributed by atoms with Crippen LogP contribution in [0.5, 0.6) is 5.75 Å². The fourth-order valence-corrected chi connectivity index (χ4v) is 1.04. The smallest absolute Gasteiger partial charge is 0.310 e. The molecule has 0 bridgehead atoms. The van der Waals surface area contributed by atoms with Crippen LogP contribution in [0.25, 0.3) is 0 Å². The van der Waals surface area contributed by atoms with Crippen molar-refractivity contribution < 1.29 is 9.66 Å². The Hall–Kier alpha value is -1.58. The van der Waals surface area contributed by atoms with E-state index >= 15 is 0 Å². The van der Waals surface area contributed by atoms with Gasteiger partial charge in [0.2, 0.25) is 0 Å². The number of ether oxygens (including phenoxy) is 1. The van der Waals surface area contributed by atoms with Crippen molar-refractivity contribution in [1.29, 1.82) is 0 Å². The summed E-state index contributed by atoms with van der Waals surface area (Å²) in [7, 11) is 0. The quantitative estimate of drug-likeness (QED) is 0.531. The lowest BCUT2D eigenvalue weighted by Gasteiger charge is -2.04. The SMILES string of the molecule is CCOc1cc(C)ccc1[N+](=O)[O-]. The number of benzene rings is 1. The molecule has 0 aliphatic rings. The molecule has 0 aliphatic heterocycles. The largest absolute Gasteiger partial charge is 0.487 e. The Morgan fingerprint density at radius 3 is 2.77 bits per heavy atom. The van der Waals surface area contributed by atoms with Gasteiger partial charge in [-0.05, 0) is 25.5 Å². The summed E-state index contributed by atoms with van der Waals surface area (Å²) in [4.78, 5) is 10.1. The summed E-state index contributed by atoms with van der Waals surface area (Å²) in [5.74, 6) is 0.340. The molecule has 1 aromatic rings. The van der Waals surface area contributed by atoms with Crippen LogP contribution in [0.1, 0.15) is 12.5 Å². The number of rotatable bonds is 3. The van der Waals surface area contributed by atoms with Crippen LogP contribution in [0.15, 0.2) is 18.2 Å². The molecule has 0 spiro atoms. The van der Waals surface area contributed by atoms with Gasteiger partial charge in [-0.15, -0.1) is 0 Å². The van der Waals surface area contributed by atoms with Crippen molar-refractivity contribution in [2.45, 2.75) is 13.8 Å². The average molecular weight is 181 g/mol. The van der Waals surface area contributed by atoms with Crippen LogP contribution >= 0.6 is 0 Å². The van der Waals surface area contributed by atoms with Crippen LogP contribution in [-0.4, -0.2) is 11.5 Å². The van der Waals surface area contributed by atoms with E-state index in [1.54, 1.807) is 19.1 Å². The summed E-state index contributed by atoms with van der Waals surface area (Å²) in [6.45, 7) is 4.10. The van der Waals surface area contributed by atoms with Gasteiger partial charge in [0.25, 0.3) is 0 Å². The van der Waals surface area contributed by atoms with E-state index in [0.717, 1.165) is 5.56 Å². The zero-order valence-electron chi connectivity index (χ0n) is 7.61. The standard InChI is InChI=1S/C9H11NO3/c1-3-13-9-6-7(2)4-5-8(9)10(11)12/h4-6H,3H2,1-2H3. The molecule has 0 heterocycles. The molecule has 0 saturated carbocycles. The normalized spacial score (nSPS) is 9.69. The number of hydrogen-bond acceptors (Lipinski definition) is 3. The van der Waals surface area contributed by atoms with Crippen molar-refractivity contribution in [2.24, 2.45) is 0 Å². The molecule has 70 valence electrons. The van der Waals surface area contributed by atoms with E-state index in [0.29, 0.717) is 12.4 Å². The topological polar surface area (TPSA) is 52.4 Å². The molecular formula is C9H11NO3. The molecular weight excluding hydrogens is 170 g/mol. The zero-order chi connectivity index (χ0) is 9.84. The fraction of sp³-hybridized carbons (Fsp3) is 0.333. The van der Waals surface area contributed by atoms with Crippen molar-refractivity contribution in [3.05, 3.63) is 33.9 Å². The third-order valence-electron chi connectivity index (χ3n) is 1.61. The first-order valence-electron chi connectivity index (χ1n) is 4.03. The second-order valence-electron chi connectivity index (χ2n) is 2.66. The van der Waals surface area contributed by atoms with Gasteiger partial charge >= 0.3 is 5.69 Å². The van der Waals surface area contributed by atoms with Crippen LogP contribution in [0.2, 0.25) is 0 Å². The molecule has 4 heteroatoms. The minimum absolute atomic E-state index is 0.0208. The van der Waals surface area contributed by atoms with Gasteiger partial charge in [0, 0.05) is 6.07 Å². The summed E-state index contributed by atoms with van der Waals surface area (Å²) in [5, 5.41) is 10.5. The lowest BCUT2D eigenvalue weighted by Crippen LogP contribution is -1.97. The first-order chi connectivity index (χ1) is 6.15. The monoisotopic (exact) mass is 181 g/mol. The highest BCUT2D eigenvalue weighted by molar-refractivity contribution is 5.48. The molecule has 0 radical (unpaired) electrons. The Balaban J connectivity index is 3.10. The van der Waals surface area contributed by atoms with Crippen molar-refractivity contribution in [2.75, 3.05) is 6.61 Å². The first kappa shape index (κ1) is 9.51. The van der Waals surface area contributed by atoms with E-state index < -0.39 is 4.92 Å². The Labute approximate surface area is 76.3 Å². The number of nitro benzene ring substituents is 1. The third-order valence-corrected chi connectivity index (χ3v) is 1.61. The Morgan fingerprint density at radius 2 is 2.23 bits per heavy atom. The molecule has 0 fully saturated rings. The molecule has 0 atom stereocenters. The van der Waals surface area contributed by atoms with Crippen LogP contribution < -0.4 is 4.74 Å². The molecule has 1 aromatic carbocycles. The van der Waals surface area contributed by atoms with Crippen LogP contribution in [0.4, 0.5) is 5.69 Å². The predicted molar refractivity (Wildman–Crippen MR) is 49.0 cm³/mol. The molecule has 0 aliphatic carbocycles. The summed E-state index contributed by atoms with van der Waals surface area (Å²) in [6, 6.07) is 4.82. The number of nitro groups is 1. The van der Waals surface area contributed by atoms with Crippen LogP contribution in [0, 0.1) is 17.0 Å².